The van der Waals surface area contributed by atoms with E-state index in [9.17, 15) is 19.5 Å². The van der Waals surface area contributed by atoms with Crippen molar-refractivity contribution < 1.29 is 19.5 Å². The van der Waals surface area contributed by atoms with Gasteiger partial charge in [-0.25, -0.2) is 0 Å². The van der Waals surface area contributed by atoms with Crippen molar-refractivity contribution in [3.05, 3.63) is 61.2 Å². The van der Waals surface area contributed by atoms with Crippen molar-refractivity contribution in [2.45, 2.75) is 68.5 Å². The second kappa shape index (κ2) is 13.4. The van der Waals surface area contributed by atoms with E-state index in [0.717, 1.165) is 24.8 Å². The number of carbonyl (C=O) groups excluding carboxylic acids is 3. The number of unbranched alkanes of at least 4 members (excludes halogenated alkanes) is 2. The van der Waals surface area contributed by atoms with Crippen LogP contribution in [0.15, 0.2) is 55.6 Å². The fourth-order valence-electron chi connectivity index (χ4n) is 7.19. The van der Waals surface area contributed by atoms with Gasteiger partial charge in [-0.2, -0.15) is 0 Å². The molecule has 3 unspecified atom stereocenters. The van der Waals surface area contributed by atoms with E-state index >= 15 is 0 Å². The Morgan fingerprint density at radius 1 is 1.10 bits per heavy atom. The molecule has 3 amide bonds. The summed E-state index contributed by atoms with van der Waals surface area (Å²) in [5.74, 6) is -0.927. The highest BCUT2D eigenvalue weighted by molar-refractivity contribution is 8.02. The minimum atomic E-state index is -0.641. The Morgan fingerprint density at radius 3 is 2.45 bits per heavy atom. The molecule has 1 aromatic rings. The van der Waals surface area contributed by atoms with Gasteiger partial charge in [0.1, 0.15) is 6.04 Å². The van der Waals surface area contributed by atoms with Gasteiger partial charge in [0.2, 0.25) is 17.7 Å². The summed E-state index contributed by atoms with van der Waals surface area (Å²) in [6, 6.07) is 9.26. The standard InChI is InChI=1S/C32H45N3O4S/c1-5-16-33(17-6-2)29(37)26-25-21-23(4)32(40-25)27(26)30(38)35(19-12-9-13-20-36)28(32)31(39)34(18-7-3)22-24-14-10-8-11-15-24/h5,7-8,10-11,14-15,23,25-28,36H,1,3,6,9,12-13,16-22H2,2,4H3/t23?,25-,26+,27+,28?,32?/m1/s1. The van der Waals surface area contributed by atoms with Crippen LogP contribution in [0.4, 0.5) is 0 Å². The second-order valence-corrected chi connectivity index (χ2v) is 13.0. The summed E-state index contributed by atoms with van der Waals surface area (Å²) in [4.78, 5) is 48.4. The lowest BCUT2D eigenvalue weighted by Crippen LogP contribution is -2.57. The van der Waals surface area contributed by atoms with Crippen LogP contribution in [0.25, 0.3) is 0 Å². The van der Waals surface area contributed by atoms with Crippen LogP contribution >= 0.6 is 11.8 Å². The number of rotatable bonds is 15. The van der Waals surface area contributed by atoms with Gasteiger partial charge in [-0.1, -0.05) is 56.3 Å². The molecule has 0 aliphatic carbocycles. The molecule has 8 heteroatoms. The Kier molecular flexibility index (Phi) is 10.2. The van der Waals surface area contributed by atoms with E-state index in [1.54, 1.807) is 28.8 Å². The van der Waals surface area contributed by atoms with E-state index in [1.165, 1.54) is 0 Å². The Bertz CT molecular complexity index is 1080. The predicted molar refractivity (Wildman–Crippen MR) is 160 cm³/mol. The summed E-state index contributed by atoms with van der Waals surface area (Å²) in [5.41, 5.74) is 1.02. The molecule has 1 aromatic carbocycles. The van der Waals surface area contributed by atoms with Crippen molar-refractivity contribution >= 4 is 29.5 Å². The molecule has 3 aliphatic heterocycles. The van der Waals surface area contributed by atoms with E-state index in [0.29, 0.717) is 45.6 Å². The molecule has 0 saturated carbocycles. The van der Waals surface area contributed by atoms with Crippen LogP contribution in [0.3, 0.4) is 0 Å². The molecule has 0 aromatic heterocycles. The highest BCUT2D eigenvalue weighted by Gasteiger charge is 2.76. The fraction of sp³-hybridized carbons (Fsp3) is 0.594. The van der Waals surface area contributed by atoms with Gasteiger partial charge < -0.3 is 19.8 Å². The highest BCUT2D eigenvalue weighted by Crippen LogP contribution is 2.69. The molecule has 3 heterocycles. The maximum atomic E-state index is 14.6. The third kappa shape index (κ3) is 5.49. The van der Waals surface area contributed by atoms with Gasteiger partial charge in [0.05, 0.1) is 16.6 Å². The Hall–Kier alpha value is -2.58. The monoisotopic (exact) mass is 567 g/mol. The van der Waals surface area contributed by atoms with Crippen LogP contribution in [0.2, 0.25) is 0 Å². The van der Waals surface area contributed by atoms with E-state index < -0.39 is 22.6 Å². The van der Waals surface area contributed by atoms with Crippen LogP contribution in [0, 0.1) is 17.8 Å². The first kappa shape index (κ1) is 30.4. The molecule has 7 nitrogen and oxygen atoms in total. The molecule has 1 spiro atoms. The number of carbonyl (C=O) groups is 3. The number of fused-ring (bicyclic) bond motifs is 1. The van der Waals surface area contributed by atoms with Crippen molar-refractivity contribution in [1.29, 1.82) is 0 Å². The first-order valence-electron chi connectivity index (χ1n) is 14.8. The normalized spacial score (nSPS) is 28.4. The summed E-state index contributed by atoms with van der Waals surface area (Å²) in [5, 5.41) is 9.33. The fourth-order valence-corrected chi connectivity index (χ4v) is 9.59. The van der Waals surface area contributed by atoms with Crippen LogP contribution in [-0.4, -0.2) is 86.4 Å². The molecule has 1 N–H and O–H groups in total. The summed E-state index contributed by atoms with van der Waals surface area (Å²) >= 11 is 1.73. The quantitative estimate of drug-likeness (QED) is 0.255. The molecular weight excluding hydrogens is 522 g/mol. The number of benzene rings is 1. The van der Waals surface area contributed by atoms with Crippen LogP contribution in [0.1, 0.15) is 51.5 Å². The molecule has 6 atom stereocenters. The Balaban J connectivity index is 1.73. The van der Waals surface area contributed by atoms with Gasteiger partial charge in [0.25, 0.3) is 0 Å². The first-order valence-corrected chi connectivity index (χ1v) is 15.7. The molecule has 3 fully saturated rings. The number of amides is 3. The molecule has 4 rings (SSSR count). The SMILES string of the molecule is C=CCN(Cc1ccccc1)C(=O)C1N(CCCCCO)C(=O)[C@@H]2[C@@H](C(=O)N(CC=C)CCC)[C@H]3CC(C)C12S3. The van der Waals surface area contributed by atoms with Gasteiger partial charge in [-0.15, -0.1) is 24.9 Å². The molecule has 3 aliphatic rings. The number of hydrogen-bond donors (Lipinski definition) is 1. The maximum Gasteiger partial charge on any atom is 0.247 e. The zero-order chi connectivity index (χ0) is 28.9. The van der Waals surface area contributed by atoms with Gasteiger partial charge >= 0.3 is 0 Å². The molecule has 40 heavy (non-hydrogen) atoms. The third-order valence-electron chi connectivity index (χ3n) is 8.85. The van der Waals surface area contributed by atoms with Gasteiger partial charge in [0, 0.05) is 44.6 Å². The lowest BCUT2D eigenvalue weighted by molar-refractivity contribution is -0.145. The topological polar surface area (TPSA) is 81.2 Å². The summed E-state index contributed by atoms with van der Waals surface area (Å²) < 4.78 is -0.641. The molecule has 0 radical (unpaired) electrons. The number of aliphatic hydroxyl groups is 1. The van der Waals surface area contributed by atoms with Crippen LogP contribution in [-0.2, 0) is 20.9 Å². The lowest BCUT2D eigenvalue weighted by atomic mass is 9.65. The van der Waals surface area contributed by atoms with Crippen molar-refractivity contribution in [2.75, 3.05) is 32.8 Å². The molecular formula is C32H45N3O4S. The summed E-state index contributed by atoms with van der Waals surface area (Å²) in [7, 11) is 0. The minimum absolute atomic E-state index is 0.0203. The largest absolute Gasteiger partial charge is 0.396 e. The van der Waals surface area contributed by atoms with E-state index in [4.69, 9.17) is 0 Å². The Labute approximate surface area is 243 Å². The van der Waals surface area contributed by atoms with E-state index in [2.05, 4.69) is 20.1 Å². The smallest absolute Gasteiger partial charge is 0.247 e. The third-order valence-corrected chi connectivity index (χ3v) is 10.9. The average molecular weight is 568 g/mol. The van der Waals surface area contributed by atoms with Gasteiger partial charge in [-0.05, 0) is 43.6 Å². The number of hydrogen-bond acceptors (Lipinski definition) is 5. The lowest BCUT2D eigenvalue weighted by Gasteiger charge is -2.41. The van der Waals surface area contributed by atoms with Crippen molar-refractivity contribution in [3.8, 4) is 0 Å². The average Bonchev–Trinajstić information content (AvgIpc) is 3.54. The molecule has 2 bridgehead atoms. The van der Waals surface area contributed by atoms with E-state index in [-0.39, 0.29) is 35.5 Å². The number of aliphatic hydroxyl groups excluding tert-OH is 1. The number of likely N-dealkylation sites (tertiary alicyclic amines) is 1. The number of nitrogens with zero attached hydrogens (tertiary/aromatic N) is 3. The van der Waals surface area contributed by atoms with Crippen molar-refractivity contribution in [1.82, 2.24) is 14.7 Å². The maximum absolute atomic E-state index is 14.6. The zero-order valence-electron chi connectivity index (χ0n) is 24.0. The summed E-state index contributed by atoms with van der Waals surface area (Å²) in [6.45, 7) is 14.4. The summed E-state index contributed by atoms with van der Waals surface area (Å²) in [6.07, 6.45) is 7.28. The molecule has 218 valence electrons. The number of thioether (sulfide) groups is 1. The van der Waals surface area contributed by atoms with Crippen LogP contribution < -0.4 is 0 Å². The minimum Gasteiger partial charge on any atom is -0.396 e. The first-order chi connectivity index (χ1) is 19.3. The van der Waals surface area contributed by atoms with Crippen LogP contribution in [0.5, 0.6) is 0 Å². The zero-order valence-corrected chi connectivity index (χ0v) is 24.9. The van der Waals surface area contributed by atoms with E-state index in [1.807, 2.05) is 47.1 Å². The Morgan fingerprint density at radius 2 is 1.80 bits per heavy atom. The highest BCUT2D eigenvalue weighted by atomic mass is 32.2. The van der Waals surface area contributed by atoms with Crippen molar-refractivity contribution in [2.24, 2.45) is 17.8 Å². The second-order valence-electron chi connectivity index (χ2n) is 11.4. The predicted octanol–water partition coefficient (Wildman–Crippen LogP) is 4.13. The molecule has 3 saturated heterocycles. The van der Waals surface area contributed by atoms with Gasteiger partial charge in [-0.3, -0.25) is 14.4 Å². The van der Waals surface area contributed by atoms with Gasteiger partial charge in [0.15, 0.2) is 0 Å². The van der Waals surface area contributed by atoms with Crippen molar-refractivity contribution in [3.63, 3.8) is 0 Å².